The van der Waals surface area contributed by atoms with Gasteiger partial charge in [0.1, 0.15) is 5.56 Å². The third kappa shape index (κ3) is 3.39. The van der Waals surface area contributed by atoms with Gasteiger partial charge in [-0.2, -0.15) is 5.10 Å². The third-order valence-corrected chi connectivity index (χ3v) is 4.22. The fourth-order valence-corrected chi connectivity index (χ4v) is 2.81. The minimum Gasteiger partial charge on any atom is -0.267 e. The number of nitrogens with one attached hydrogen (secondary N) is 2. The number of aromatic nitrogens is 3. The molecule has 8 heteroatoms. The zero-order valence-corrected chi connectivity index (χ0v) is 15.5. The molecule has 0 spiro atoms. The molecular formula is C17H16BrN5O2. The molecule has 3 aromatic rings. The largest absolute Gasteiger partial charge is 0.275 e. The first-order chi connectivity index (χ1) is 11.9. The van der Waals surface area contributed by atoms with Gasteiger partial charge in [0.2, 0.25) is 0 Å². The lowest BCUT2D eigenvalue weighted by atomic mass is 10.2. The van der Waals surface area contributed by atoms with Crippen molar-refractivity contribution in [2.75, 3.05) is 0 Å². The fraction of sp³-hybridized carbons (Fsp3) is 0.176. The lowest BCUT2D eigenvalue weighted by molar-refractivity contribution is 0.0847. The highest BCUT2D eigenvalue weighted by Crippen LogP contribution is 2.16. The van der Waals surface area contributed by atoms with Crippen molar-refractivity contribution in [3.05, 3.63) is 63.0 Å². The normalized spacial score (nSPS) is 10.7. The summed E-state index contributed by atoms with van der Waals surface area (Å²) in [5.41, 5.74) is 8.28. The highest BCUT2D eigenvalue weighted by Gasteiger charge is 2.20. The zero-order chi connectivity index (χ0) is 18.1. The van der Waals surface area contributed by atoms with Gasteiger partial charge in [0.15, 0.2) is 5.65 Å². The van der Waals surface area contributed by atoms with E-state index in [1.54, 1.807) is 35.7 Å². The molecule has 2 N–H and O–H groups in total. The van der Waals surface area contributed by atoms with Gasteiger partial charge in [-0.1, -0.05) is 15.9 Å². The van der Waals surface area contributed by atoms with Crippen LogP contribution in [0.1, 0.15) is 37.8 Å². The van der Waals surface area contributed by atoms with Crippen molar-refractivity contribution in [2.24, 2.45) is 0 Å². The summed E-state index contributed by atoms with van der Waals surface area (Å²) in [6.45, 7) is 5.48. The van der Waals surface area contributed by atoms with E-state index in [0.717, 1.165) is 15.9 Å². The van der Waals surface area contributed by atoms with Crippen LogP contribution in [0, 0.1) is 20.8 Å². The van der Waals surface area contributed by atoms with Gasteiger partial charge in [0.25, 0.3) is 11.8 Å². The fourth-order valence-electron chi connectivity index (χ4n) is 2.54. The van der Waals surface area contributed by atoms with Gasteiger partial charge in [-0.3, -0.25) is 20.4 Å². The van der Waals surface area contributed by atoms with E-state index in [0.29, 0.717) is 22.5 Å². The Morgan fingerprint density at radius 1 is 1.04 bits per heavy atom. The highest BCUT2D eigenvalue weighted by atomic mass is 79.9. The van der Waals surface area contributed by atoms with E-state index < -0.39 is 11.8 Å². The molecule has 0 unspecified atom stereocenters. The predicted molar refractivity (Wildman–Crippen MR) is 96.3 cm³/mol. The Morgan fingerprint density at radius 3 is 2.36 bits per heavy atom. The Bertz CT molecular complexity index is 979. The molecule has 2 amide bonds. The second-order valence-electron chi connectivity index (χ2n) is 5.65. The Labute approximate surface area is 152 Å². The number of hydrazine groups is 1. The number of carbonyl (C=O) groups excluding carboxylic acids is 2. The van der Waals surface area contributed by atoms with E-state index in [9.17, 15) is 9.59 Å². The van der Waals surface area contributed by atoms with Crippen LogP contribution in [-0.4, -0.2) is 26.4 Å². The van der Waals surface area contributed by atoms with Crippen molar-refractivity contribution in [1.29, 1.82) is 0 Å². The first-order valence-corrected chi connectivity index (χ1v) is 8.36. The Morgan fingerprint density at radius 2 is 1.68 bits per heavy atom. The van der Waals surface area contributed by atoms with Crippen molar-refractivity contribution in [3.8, 4) is 0 Å². The molecule has 0 aliphatic rings. The van der Waals surface area contributed by atoms with Gasteiger partial charge < -0.3 is 0 Å². The number of benzene rings is 1. The number of rotatable bonds is 2. The smallest absolute Gasteiger partial charge is 0.267 e. The standard InChI is InChI=1S/C17H16BrN5O2/c1-9-8-10(2)23-15(19-9)14(11(3)22-23)17(25)21-20-16(24)12-4-6-13(18)7-5-12/h4-8H,1-3H3,(H,20,24)(H,21,25). The van der Waals surface area contributed by atoms with Crippen LogP contribution in [0.5, 0.6) is 0 Å². The molecular weight excluding hydrogens is 386 g/mol. The molecule has 2 heterocycles. The van der Waals surface area contributed by atoms with Gasteiger partial charge in [0, 0.05) is 21.4 Å². The average molecular weight is 402 g/mol. The van der Waals surface area contributed by atoms with Crippen molar-refractivity contribution in [1.82, 2.24) is 25.4 Å². The van der Waals surface area contributed by atoms with E-state index in [2.05, 4.69) is 36.9 Å². The second-order valence-corrected chi connectivity index (χ2v) is 6.57. The summed E-state index contributed by atoms with van der Waals surface area (Å²) in [5.74, 6) is -0.870. The summed E-state index contributed by atoms with van der Waals surface area (Å²) in [6, 6.07) is 8.69. The average Bonchev–Trinajstić information content (AvgIpc) is 2.89. The zero-order valence-electron chi connectivity index (χ0n) is 13.9. The van der Waals surface area contributed by atoms with Crippen molar-refractivity contribution < 1.29 is 9.59 Å². The molecule has 3 rings (SSSR count). The molecule has 0 radical (unpaired) electrons. The lowest BCUT2D eigenvalue weighted by Crippen LogP contribution is -2.41. The number of fused-ring (bicyclic) bond motifs is 1. The topological polar surface area (TPSA) is 88.4 Å². The molecule has 0 fully saturated rings. The first kappa shape index (κ1) is 17.1. The first-order valence-electron chi connectivity index (χ1n) is 7.56. The van der Waals surface area contributed by atoms with Crippen LogP contribution in [0.15, 0.2) is 34.8 Å². The summed E-state index contributed by atoms with van der Waals surface area (Å²) in [4.78, 5) is 29.0. The Kier molecular flexibility index (Phi) is 4.54. The number of nitrogens with zero attached hydrogens (tertiary/aromatic N) is 3. The molecule has 2 aromatic heterocycles. The van der Waals surface area contributed by atoms with Crippen molar-refractivity contribution >= 4 is 33.4 Å². The Hall–Kier alpha value is -2.74. The number of carbonyl (C=O) groups is 2. The maximum Gasteiger partial charge on any atom is 0.275 e. The van der Waals surface area contributed by atoms with E-state index in [1.807, 2.05) is 19.9 Å². The van der Waals surface area contributed by atoms with E-state index in [1.165, 1.54) is 0 Å². The van der Waals surface area contributed by atoms with Gasteiger partial charge in [-0.15, -0.1) is 0 Å². The van der Waals surface area contributed by atoms with Crippen molar-refractivity contribution in [2.45, 2.75) is 20.8 Å². The maximum absolute atomic E-state index is 12.5. The molecule has 1 aromatic carbocycles. The summed E-state index contributed by atoms with van der Waals surface area (Å²) in [6.07, 6.45) is 0. The van der Waals surface area contributed by atoms with Gasteiger partial charge in [0.05, 0.1) is 5.69 Å². The molecule has 0 bridgehead atoms. The number of aryl methyl sites for hydroxylation is 3. The summed E-state index contributed by atoms with van der Waals surface area (Å²) < 4.78 is 2.49. The van der Waals surface area contributed by atoms with Crippen LogP contribution in [0.2, 0.25) is 0 Å². The molecule has 0 saturated heterocycles. The summed E-state index contributed by atoms with van der Waals surface area (Å²) >= 11 is 3.31. The molecule has 25 heavy (non-hydrogen) atoms. The number of hydrogen-bond donors (Lipinski definition) is 2. The van der Waals surface area contributed by atoms with Crippen LogP contribution in [0.3, 0.4) is 0 Å². The summed E-state index contributed by atoms with van der Waals surface area (Å²) in [5, 5.41) is 4.35. The second kappa shape index (κ2) is 6.64. The van der Waals surface area contributed by atoms with Gasteiger partial charge in [-0.05, 0) is 51.1 Å². The minimum atomic E-state index is -0.463. The predicted octanol–water partition coefficient (Wildman–Crippen LogP) is 2.49. The minimum absolute atomic E-state index is 0.336. The quantitative estimate of drug-likeness (QED) is 0.645. The van der Waals surface area contributed by atoms with Crippen LogP contribution in [-0.2, 0) is 0 Å². The number of hydrogen-bond acceptors (Lipinski definition) is 4. The number of amides is 2. The highest BCUT2D eigenvalue weighted by molar-refractivity contribution is 9.10. The van der Waals surface area contributed by atoms with E-state index in [-0.39, 0.29) is 0 Å². The molecule has 7 nitrogen and oxygen atoms in total. The monoisotopic (exact) mass is 401 g/mol. The summed E-state index contributed by atoms with van der Waals surface area (Å²) in [7, 11) is 0. The molecule has 0 aliphatic heterocycles. The lowest BCUT2D eigenvalue weighted by Gasteiger charge is -2.07. The van der Waals surface area contributed by atoms with Gasteiger partial charge in [-0.25, -0.2) is 9.50 Å². The third-order valence-electron chi connectivity index (χ3n) is 3.69. The van der Waals surface area contributed by atoms with Crippen molar-refractivity contribution in [3.63, 3.8) is 0 Å². The SMILES string of the molecule is Cc1cc(C)n2nc(C)c(C(=O)NNC(=O)c3ccc(Br)cc3)c2n1. The van der Waals surface area contributed by atoms with Crippen LogP contribution in [0.4, 0.5) is 0 Å². The molecule has 0 aliphatic carbocycles. The van der Waals surface area contributed by atoms with E-state index >= 15 is 0 Å². The van der Waals surface area contributed by atoms with Gasteiger partial charge >= 0.3 is 0 Å². The van der Waals surface area contributed by atoms with E-state index in [4.69, 9.17) is 0 Å². The van der Waals surface area contributed by atoms with Crippen LogP contribution >= 0.6 is 15.9 Å². The van der Waals surface area contributed by atoms with Crippen LogP contribution < -0.4 is 10.9 Å². The Balaban J connectivity index is 1.82. The van der Waals surface area contributed by atoms with Crippen LogP contribution in [0.25, 0.3) is 5.65 Å². The number of halogens is 1. The molecule has 0 atom stereocenters. The molecule has 0 saturated carbocycles. The molecule has 128 valence electrons. The maximum atomic E-state index is 12.5.